The van der Waals surface area contributed by atoms with Crippen molar-refractivity contribution in [3.05, 3.63) is 17.4 Å². The molecule has 0 aliphatic heterocycles. The van der Waals surface area contributed by atoms with Crippen LogP contribution in [-0.4, -0.2) is 0 Å². The minimum Gasteiger partial charge on any atom is -0.126 e. The summed E-state index contributed by atoms with van der Waals surface area (Å²) in [5.41, 5.74) is 4.86. The highest BCUT2D eigenvalue weighted by atomic mass is 14.1. The van der Waals surface area contributed by atoms with Gasteiger partial charge in [-0.05, 0) is 44.3 Å². The van der Waals surface area contributed by atoms with Gasteiger partial charge in [0.15, 0.2) is 0 Å². The fourth-order valence-electron chi connectivity index (χ4n) is 1.50. The first-order valence-corrected chi connectivity index (χ1v) is 4.32. The molecule has 0 unspecified atom stereocenters. The Morgan fingerprint density at radius 2 is 1.70 bits per heavy atom. The third-order valence-electron chi connectivity index (χ3n) is 2.06. The molecule has 0 amide bonds. The van der Waals surface area contributed by atoms with Crippen LogP contribution in [0.5, 0.6) is 0 Å². The highest BCUT2D eigenvalue weighted by molar-refractivity contribution is 5.01. The van der Waals surface area contributed by atoms with Crippen molar-refractivity contribution < 1.29 is 0 Å². The van der Waals surface area contributed by atoms with Crippen molar-refractivity contribution in [3.63, 3.8) is 0 Å². The van der Waals surface area contributed by atoms with Crippen LogP contribution in [0.3, 0.4) is 0 Å². The molecule has 10 heavy (non-hydrogen) atoms. The summed E-state index contributed by atoms with van der Waals surface area (Å²) in [5, 5.41) is 0. The second-order valence-electron chi connectivity index (χ2n) is 2.95. The standard InChI is InChI=1S/C10H16/c1-2-7-10-8-5-3-4-6-9-10/h2H,3-6,8-9H2,1H3. The maximum Gasteiger partial charge on any atom is -0.0244 e. The summed E-state index contributed by atoms with van der Waals surface area (Å²) in [4.78, 5) is 0. The first-order chi connectivity index (χ1) is 4.93. The Labute approximate surface area is 63.6 Å². The van der Waals surface area contributed by atoms with Crippen LogP contribution < -0.4 is 0 Å². The van der Waals surface area contributed by atoms with Gasteiger partial charge >= 0.3 is 0 Å². The van der Waals surface area contributed by atoms with E-state index in [2.05, 4.69) is 12.7 Å². The van der Waals surface area contributed by atoms with Crippen LogP contribution in [0.1, 0.15) is 45.4 Å². The SMILES string of the molecule is CC=C=C1CCCCCC1. The van der Waals surface area contributed by atoms with Crippen molar-refractivity contribution in [2.24, 2.45) is 0 Å². The van der Waals surface area contributed by atoms with Crippen molar-refractivity contribution in [2.45, 2.75) is 45.4 Å². The average Bonchev–Trinajstić information content (AvgIpc) is 2.17. The Balaban J connectivity index is 2.51. The maximum atomic E-state index is 3.32. The van der Waals surface area contributed by atoms with Crippen LogP contribution in [0, 0.1) is 0 Å². The van der Waals surface area contributed by atoms with Gasteiger partial charge in [0, 0.05) is 0 Å². The van der Waals surface area contributed by atoms with E-state index in [1.807, 2.05) is 6.08 Å². The summed E-state index contributed by atoms with van der Waals surface area (Å²) in [7, 11) is 0. The minimum atomic E-state index is 1.30. The average molecular weight is 136 g/mol. The normalized spacial score (nSPS) is 19.5. The molecule has 0 heteroatoms. The molecule has 0 nitrogen and oxygen atoms in total. The van der Waals surface area contributed by atoms with Gasteiger partial charge in [-0.1, -0.05) is 12.8 Å². The van der Waals surface area contributed by atoms with Crippen LogP contribution in [0.15, 0.2) is 17.4 Å². The molecule has 0 spiro atoms. The van der Waals surface area contributed by atoms with Gasteiger partial charge in [0.1, 0.15) is 0 Å². The number of hydrogen-bond donors (Lipinski definition) is 0. The molecule has 1 rings (SSSR count). The number of hydrogen-bond acceptors (Lipinski definition) is 0. The molecule has 0 heterocycles. The Morgan fingerprint density at radius 1 is 1.10 bits per heavy atom. The van der Waals surface area contributed by atoms with Gasteiger partial charge in [0.25, 0.3) is 0 Å². The molecule has 0 bridgehead atoms. The van der Waals surface area contributed by atoms with E-state index < -0.39 is 0 Å². The van der Waals surface area contributed by atoms with Gasteiger partial charge in [-0.3, -0.25) is 0 Å². The van der Waals surface area contributed by atoms with E-state index in [0.29, 0.717) is 0 Å². The van der Waals surface area contributed by atoms with Crippen molar-refractivity contribution in [2.75, 3.05) is 0 Å². The summed E-state index contributed by atoms with van der Waals surface area (Å²) in [6, 6.07) is 0. The molecule has 0 saturated heterocycles. The molecular formula is C10H16. The minimum absolute atomic E-state index is 1.30. The zero-order chi connectivity index (χ0) is 7.23. The van der Waals surface area contributed by atoms with E-state index in [1.165, 1.54) is 38.5 Å². The summed E-state index contributed by atoms with van der Waals surface area (Å²) in [6.07, 6.45) is 10.3. The smallest absolute Gasteiger partial charge is 0.0244 e. The summed E-state index contributed by atoms with van der Waals surface area (Å²) in [5.74, 6) is 0. The predicted octanol–water partition coefficient (Wildman–Crippen LogP) is 3.44. The van der Waals surface area contributed by atoms with Gasteiger partial charge in [0.05, 0.1) is 0 Å². The summed E-state index contributed by atoms with van der Waals surface area (Å²) < 4.78 is 0. The third-order valence-corrected chi connectivity index (χ3v) is 2.06. The molecular weight excluding hydrogens is 120 g/mol. The van der Waals surface area contributed by atoms with Crippen LogP contribution in [0.4, 0.5) is 0 Å². The molecule has 56 valence electrons. The highest BCUT2D eigenvalue weighted by Crippen LogP contribution is 2.20. The van der Waals surface area contributed by atoms with Crippen molar-refractivity contribution in [1.29, 1.82) is 0 Å². The molecule has 0 aromatic carbocycles. The van der Waals surface area contributed by atoms with Gasteiger partial charge in [-0.25, -0.2) is 0 Å². The van der Waals surface area contributed by atoms with Gasteiger partial charge < -0.3 is 0 Å². The van der Waals surface area contributed by atoms with Crippen molar-refractivity contribution >= 4 is 0 Å². The van der Waals surface area contributed by atoms with E-state index >= 15 is 0 Å². The van der Waals surface area contributed by atoms with E-state index in [1.54, 1.807) is 5.57 Å². The fraction of sp³-hybridized carbons (Fsp3) is 0.700. The lowest BCUT2D eigenvalue weighted by atomic mass is 10.1. The lowest BCUT2D eigenvalue weighted by Gasteiger charge is -1.94. The lowest BCUT2D eigenvalue weighted by molar-refractivity contribution is 0.702. The first kappa shape index (κ1) is 7.63. The number of allylic oxidation sites excluding steroid dienone is 1. The Kier molecular flexibility index (Phi) is 3.32. The highest BCUT2D eigenvalue weighted by Gasteiger charge is 2.01. The molecule has 1 aliphatic rings. The van der Waals surface area contributed by atoms with Gasteiger partial charge in [-0.15, -0.1) is 5.73 Å². The van der Waals surface area contributed by atoms with Crippen LogP contribution in [-0.2, 0) is 0 Å². The Morgan fingerprint density at radius 3 is 2.20 bits per heavy atom. The Bertz CT molecular complexity index is 137. The molecule has 0 atom stereocenters. The molecule has 1 fully saturated rings. The van der Waals surface area contributed by atoms with E-state index in [9.17, 15) is 0 Å². The molecule has 1 aliphatic carbocycles. The van der Waals surface area contributed by atoms with Crippen LogP contribution >= 0.6 is 0 Å². The van der Waals surface area contributed by atoms with Gasteiger partial charge in [-0.2, -0.15) is 0 Å². The predicted molar refractivity (Wildman–Crippen MR) is 45.0 cm³/mol. The zero-order valence-corrected chi connectivity index (χ0v) is 6.82. The molecule has 1 saturated carbocycles. The maximum absolute atomic E-state index is 3.32. The topological polar surface area (TPSA) is 0 Å². The molecule has 0 N–H and O–H groups in total. The zero-order valence-electron chi connectivity index (χ0n) is 6.82. The monoisotopic (exact) mass is 136 g/mol. The fourth-order valence-corrected chi connectivity index (χ4v) is 1.50. The number of rotatable bonds is 0. The van der Waals surface area contributed by atoms with E-state index in [4.69, 9.17) is 0 Å². The van der Waals surface area contributed by atoms with Gasteiger partial charge in [0.2, 0.25) is 0 Å². The molecule has 0 aromatic heterocycles. The van der Waals surface area contributed by atoms with Crippen LogP contribution in [0.2, 0.25) is 0 Å². The van der Waals surface area contributed by atoms with E-state index in [0.717, 1.165) is 0 Å². The van der Waals surface area contributed by atoms with Crippen molar-refractivity contribution in [3.8, 4) is 0 Å². The first-order valence-electron chi connectivity index (χ1n) is 4.32. The molecule has 0 aromatic rings. The third kappa shape index (κ3) is 2.41. The Hall–Kier alpha value is -0.480. The van der Waals surface area contributed by atoms with E-state index in [-0.39, 0.29) is 0 Å². The second kappa shape index (κ2) is 4.35. The summed E-state index contributed by atoms with van der Waals surface area (Å²) >= 11 is 0. The summed E-state index contributed by atoms with van der Waals surface area (Å²) in [6.45, 7) is 2.05. The lowest BCUT2D eigenvalue weighted by Crippen LogP contribution is -1.76. The quantitative estimate of drug-likeness (QED) is 0.353. The largest absolute Gasteiger partial charge is 0.126 e. The second-order valence-corrected chi connectivity index (χ2v) is 2.95. The molecule has 0 radical (unpaired) electrons. The van der Waals surface area contributed by atoms with Crippen molar-refractivity contribution in [1.82, 2.24) is 0 Å². The van der Waals surface area contributed by atoms with Crippen LogP contribution in [0.25, 0.3) is 0 Å².